The lowest BCUT2D eigenvalue weighted by Crippen LogP contribution is -2.31. The molecule has 124 valence electrons. The van der Waals surface area contributed by atoms with Gasteiger partial charge in [0.1, 0.15) is 11.5 Å². The fraction of sp³-hybridized carbons (Fsp3) is 0.375. The number of aromatic amines is 1. The average Bonchev–Trinajstić information content (AvgIpc) is 2.85. The number of nitrogens with zero attached hydrogens (tertiary/aromatic N) is 1. The first-order valence-electron chi connectivity index (χ1n) is 7.27. The summed E-state index contributed by atoms with van der Waals surface area (Å²) < 4.78 is 10.6. The Labute approximate surface area is 135 Å². The molecule has 2 rings (SSSR count). The van der Waals surface area contributed by atoms with Gasteiger partial charge in [-0.15, -0.1) is 0 Å². The molecule has 2 amide bonds. The van der Waals surface area contributed by atoms with Crippen LogP contribution < -0.4 is 20.1 Å². The molecular formula is C16H22N4O3. The van der Waals surface area contributed by atoms with Crippen molar-refractivity contribution < 1.29 is 14.3 Å². The number of nitrogens with one attached hydrogen (secondary N) is 3. The molecule has 0 aliphatic carbocycles. The van der Waals surface area contributed by atoms with Gasteiger partial charge in [-0.3, -0.25) is 5.10 Å². The zero-order chi connectivity index (χ0) is 17.0. The van der Waals surface area contributed by atoms with E-state index < -0.39 is 0 Å². The molecule has 7 heteroatoms. The third kappa shape index (κ3) is 3.74. The third-order valence-electron chi connectivity index (χ3n) is 3.62. The SMILES string of the molecule is COc1ccc(OC)c([C@@H](C)NC(=O)Nc2c(C)n[nH]c2C)c1. The second-order valence-electron chi connectivity index (χ2n) is 5.24. The van der Waals surface area contributed by atoms with E-state index in [0.717, 1.165) is 17.0 Å². The highest BCUT2D eigenvalue weighted by Gasteiger charge is 2.17. The number of aryl methyl sites for hydroxylation is 2. The smallest absolute Gasteiger partial charge is 0.319 e. The summed E-state index contributed by atoms with van der Waals surface area (Å²) in [5.74, 6) is 1.39. The zero-order valence-electron chi connectivity index (χ0n) is 14.0. The fourth-order valence-corrected chi connectivity index (χ4v) is 2.34. The molecule has 0 saturated carbocycles. The van der Waals surface area contributed by atoms with Crippen molar-refractivity contribution in [3.05, 3.63) is 35.2 Å². The number of urea groups is 1. The van der Waals surface area contributed by atoms with Crippen molar-refractivity contribution in [2.75, 3.05) is 19.5 Å². The predicted octanol–water partition coefficient (Wildman–Crippen LogP) is 2.93. The molecular weight excluding hydrogens is 296 g/mol. The van der Waals surface area contributed by atoms with Crippen molar-refractivity contribution in [2.45, 2.75) is 26.8 Å². The summed E-state index contributed by atoms with van der Waals surface area (Å²) >= 11 is 0. The van der Waals surface area contributed by atoms with Gasteiger partial charge in [-0.05, 0) is 39.0 Å². The van der Waals surface area contributed by atoms with Crippen LogP contribution in [0.25, 0.3) is 0 Å². The van der Waals surface area contributed by atoms with E-state index in [-0.39, 0.29) is 12.1 Å². The highest BCUT2D eigenvalue weighted by molar-refractivity contribution is 5.90. The Balaban J connectivity index is 2.12. The summed E-state index contributed by atoms with van der Waals surface area (Å²) in [4.78, 5) is 12.2. The summed E-state index contributed by atoms with van der Waals surface area (Å²) in [5.41, 5.74) is 3.07. The van der Waals surface area contributed by atoms with Gasteiger partial charge >= 0.3 is 6.03 Å². The molecule has 7 nitrogen and oxygen atoms in total. The molecule has 0 fully saturated rings. The lowest BCUT2D eigenvalue weighted by atomic mass is 10.1. The summed E-state index contributed by atoms with van der Waals surface area (Å²) in [7, 11) is 3.19. The maximum absolute atomic E-state index is 12.2. The minimum atomic E-state index is -0.310. The summed E-state index contributed by atoms with van der Waals surface area (Å²) in [6.45, 7) is 5.56. The molecule has 0 radical (unpaired) electrons. The normalized spacial score (nSPS) is 11.7. The molecule has 3 N–H and O–H groups in total. The molecule has 1 atom stereocenters. The van der Waals surface area contributed by atoms with E-state index in [1.54, 1.807) is 14.2 Å². The van der Waals surface area contributed by atoms with Crippen LogP contribution in [0.3, 0.4) is 0 Å². The summed E-state index contributed by atoms with van der Waals surface area (Å²) in [5, 5.41) is 12.6. The molecule has 23 heavy (non-hydrogen) atoms. The van der Waals surface area contributed by atoms with Gasteiger partial charge in [0.15, 0.2) is 0 Å². The number of carbonyl (C=O) groups is 1. The Kier molecular flexibility index (Phi) is 5.10. The molecule has 2 aromatic rings. The minimum Gasteiger partial charge on any atom is -0.497 e. The third-order valence-corrected chi connectivity index (χ3v) is 3.62. The lowest BCUT2D eigenvalue weighted by Gasteiger charge is -2.18. The second kappa shape index (κ2) is 7.04. The number of H-pyrrole nitrogens is 1. The molecule has 1 aromatic heterocycles. The van der Waals surface area contributed by atoms with Crippen molar-refractivity contribution in [1.29, 1.82) is 0 Å². The van der Waals surface area contributed by atoms with E-state index in [0.29, 0.717) is 17.2 Å². The quantitative estimate of drug-likeness (QED) is 0.791. The first-order valence-corrected chi connectivity index (χ1v) is 7.27. The second-order valence-corrected chi connectivity index (χ2v) is 5.24. The van der Waals surface area contributed by atoms with E-state index in [1.165, 1.54) is 0 Å². The monoisotopic (exact) mass is 318 g/mol. The van der Waals surface area contributed by atoms with Crippen LogP contribution in [0.15, 0.2) is 18.2 Å². The topological polar surface area (TPSA) is 88.3 Å². The van der Waals surface area contributed by atoms with Gasteiger partial charge in [0.05, 0.1) is 37.3 Å². The van der Waals surface area contributed by atoms with E-state index in [9.17, 15) is 4.79 Å². The van der Waals surface area contributed by atoms with Gasteiger partial charge < -0.3 is 20.1 Å². The van der Waals surface area contributed by atoms with Crippen LogP contribution >= 0.6 is 0 Å². The summed E-state index contributed by atoms with van der Waals surface area (Å²) in [6.07, 6.45) is 0. The molecule has 0 saturated heterocycles. The Morgan fingerprint density at radius 2 is 2.00 bits per heavy atom. The van der Waals surface area contributed by atoms with Crippen LogP contribution in [0.1, 0.15) is 29.9 Å². The van der Waals surface area contributed by atoms with E-state index in [1.807, 2.05) is 39.0 Å². The minimum absolute atomic E-state index is 0.257. The van der Waals surface area contributed by atoms with Crippen molar-refractivity contribution in [1.82, 2.24) is 15.5 Å². The van der Waals surface area contributed by atoms with E-state index >= 15 is 0 Å². The number of hydrogen-bond donors (Lipinski definition) is 3. The van der Waals surface area contributed by atoms with Gasteiger partial charge in [0, 0.05) is 5.56 Å². The molecule has 0 bridgehead atoms. The highest BCUT2D eigenvalue weighted by atomic mass is 16.5. The Morgan fingerprint density at radius 3 is 2.57 bits per heavy atom. The van der Waals surface area contributed by atoms with Crippen LogP contribution in [-0.2, 0) is 0 Å². The number of rotatable bonds is 5. The molecule has 0 aliphatic rings. The number of carbonyl (C=O) groups excluding carboxylic acids is 1. The Hall–Kier alpha value is -2.70. The van der Waals surface area contributed by atoms with Gasteiger partial charge in [0.25, 0.3) is 0 Å². The molecule has 0 unspecified atom stereocenters. The van der Waals surface area contributed by atoms with Crippen molar-refractivity contribution in [3.8, 4) is 11.5 Å². The molecule has 1 aromatic carbocycles. The zero-order valence-corrected chi connectivity index (χ0v) is 14.0. The number of hydrogen-bond acceptors (Lipinski definition) is 4. The lowest BCUT2D eigenvalue weighted by molar-refractivity contribution is 0.249. The molecule has 0 spiro atoms. The number of anilines is 1. The van der Waals surface area contributed by atoms with Gasteiger partial charge in [0.2, 0.25) is 0 Å². The van der Waals surface area contributed by atoms with E-state index in [2.05, 4.69) is 20.8 Å². The van der Waals surface area contributed by atoms with Crippen LogP contribution in [0.5, 0.6) is 11.5 Å². The Morgan fingerprint density at radius 1 is 1.26 bits per heavy atom. The summed E-state index contributed by atoms with van der Waals surface area (Å²) in [6, 6.07) is 4.91. The maximum Gasteiger partial charge on any atom is 0.319 e. The number of aromatic nitrogens is 2. The van der Waals surface area contributed by atoms with Gasteiger partial charge in [-0.1, -0.05) is 0 Å². The standard InChI is InChI=1S/C16H22N4O3/c1-9(13-8-12(22-4)6-7-14(13)23-5)17-16(21)18-15-10(2)19-20-11(15)3/h6-9H,1-5H3,(H,19,20)(H2,17,18,21)/t9-/m1/s1. The van der Waals surface area contributed by atoms with Crippen LogP contribution in [-0.4, -0.2) is 30.4 Å². The number of amides is 2. The maximum atomic E-state index is 12.2. The van der Waals surface area contributed by atoms with Crippen LogP contribution in [0, 0.1) is 13.8 Å². The molecule has 1 heterocycles. The van der Waals surface area contributed by atoms with Crippen molar-refractivity contribution in [2.24, 2.45) is 0 Å². The van der Waals surface area contributed by atoms with Crippen molar-refractivity contribution >= 4 is 11.7 Å². The first kappa shape index (κ1) is 16.7. The highest BCUT2D eigenvalue weighted by Crippen LogP contribution is 2.29. The number of methoxy groups -OCH3 is 2. The number of ether oxygens (including phenoxy) is 2. The average molecular weight is 318 g/mol. The number of benzene rings is 1. The fourth-order valence-electron chi connectivity index (χ4n) is 2.34. The van der Waals surface area contributed by atoms with Crippen molar-refractivity contribution in [3.63, 3.8) is 0 Å². The van der Waals surface area contributed by atoms with Crippen LogP contribution in [0.2, 0.25) is 0 Å². The predicted molar refractivity (Wildman–Crippen MR) is 88.2 cm³/mol. The first-order chi connectivity index (χ1) is 11.0. The van der Waals surface area contributed by atoms with Gasteiger partial charge in [-0.25, -0.2) is 4.79 Å². The molecule has 0 aliphatic heterocycles. The van der Waals surface area contributed by atoms with Crippen LogP contribution in [0.4, 0.5) is 10.5 Å². The largest absolute Gasteiger partial charge is 0.497 e. The Bertz CT molecular complexity index is 677. The van der Waals surface area contributed by atoms with E-state index in [4.69, 9.17) is 9.47 Å². The van der Waals surface area contributed by atoms with Gasteiger partial charge in [-0.2, -0.15) is 5.10 Å².